The van der Waals surface area contributed by atoms with Crippen LogP contribution in [-0.4, -0.2) is 31.3 Å². The SMILES string of the molecule is CNC(=O)c1ccc(/C=C/C(=O)NCCc2cccc(C(N)=O)c2)cc1. The maximum atomic E-state index is 11.9. The largest absolute Gasteiger partial charge is 0.366 e. The minimum absolute atomic E-state index is 0.154. The number of hydrogen-bond donors (Lipinski definition) is 3. The summed E-state index contributed by atoms with van der Waals surface area (Å²) >= 11 is 0. The zero-order chi connectivity index (χ0) is 18.9. The highest BCUT2D eigenvalue weighted by atomic mass is 16.2. The summed E-state index contributed by atoms with van der Waals surface area (Å²) in [5, 5.41) is 5.33. The van der Waals surface area contributed by atoms with Crippen LogP contribution in [0.25, 0.3) is 6.08 Å². The molecule has 0 radical (unpaired) electrons. The highest BCUT2D eigenvalue weighted by molar-refractivity contribution is 5.95. The van der Waals surface area contributed by atoms with Gasteiger partial charge in [0.25, 0.3) is 5.91 Å². The van der Waals surface area contributed by atoms with E-state index in [0.717, 1.165) is 11.1 Å². The third-order valence-electron chi connectivity index (χ3n) is 3.75. The number of hydrogen-bond acceptors (Lipinski definition) is 3. The molecule has 6 nitrogen and oxygen atoms in total. The molecule has 0 unspecified atom stereocenters. The van der Waals surface area contributed by atoms with Crippen LogP contribution in [0.15, 0.2) is 54.6 Å². The lowest BCUT2D eigenvalue weighted by Crippen LogP contribution is -2.23. The minimum atomic E-state index is -0.471. The summed E-state index contributed by atoms with van der Waals surface area (Å²) in [7, 11) is 1.57. The smallest absolute Gasteiger partial charge is 0.251 e. The first-order valence-corrected chi connectivity index (χ1v) is 8.16. The zero-order valence-electron chi connectivity index (χ0n) is 14.5. The summed E-state index contributed by atoms with van der Waals surface area (Å²) in [6, 6.07) is 13.9. The van der Waals surface area contributed by atoms with E-state index in [4.69, 9.17) is 5.73 Å². The van der Waals surface area contributed by atoms with Crippen molar-refractivity contribution in [1.82, 2.24) is 10.6 Å². The summed E-state index contributed by atoms with van der Waals surface area (Å²) in [6.45, 7) is 0.445. The molecule has 0 heterocycles. The molecule has 134 valence electrons. The molecule has 0 atom stereocenters. The van der Waals surface area contributed by atoms with Crippen LogP contribution in [0.5, 0.6) is 0 Å². The summed E-state index contributed by atoms with van der Waals surface area (Å²) in [4.78, 5) is 34.5. The van der Waals surface area contributed by atoms with Crippen molar-refractivity contribution < 1.29 is 14.4 Å². The third kappa shape index (κ3) is 5.59. The second-order valence-electron chi connectivity index (χ2n) is 5.64. The number of carbonyl (C=O) groups excluding carboxylic acids is 3. The van der Waals surface area contributed by atoms with Crippen molar-refractivity contribution in [3.05, 3.63) is 76.9 Å². The number of primary amides is 1. The van der Waals surface area contributed by atoms with Crippen LogP contribution < -0.4 is 16.4 Å². The van der Waals surface area contributed by atoms with Crippen molar-refractivity contribution in [2.75, 3.05) is 13.6 Å². The van der Waals surface area contributed by atoms with Crippen molar-refractivity contribution in [3.63, 3.8) is 0 Å². The average molecular weight is 351 g/mol. The average Bonchev–Trinajstić information content (AvgIpc) is 2.66. The molecule has 0 fully saturated rings. The quantitative estimate of drug-likeness (QED) is 0.659. The molecule has 0 aromatic heterocycles. The van der Waals surface area contributed by atoms with Gasteiger partial charge in [-0.05, 0) is 47.9 Å². The van der Waals surface area contributed by atoms with E-state index in [1.165, 1.54) is 6.08 Å². The molecule has 0 saturated heterocycles. The molecule has 2 rings (SSSR count). The molecule has 2 aromatic carbocycles. The summed E-state index contributed by atoms with van der Waals surface area (Å²) in [6.07, 6.45) is 3.72. The van der Waals surface area contributed by atoms with Crippen molar-refractivity contribution in [2.24, 2.45) is 5.73 Å². The molecule has 0 saturated carbocycles. The zero-order valence-corrected chi connectivity index (χ0v) is 14.5. The van der Waals surface area contributed by atoms with Gasteiger partial charge in [-0.15, -0.1) is 0 Å². The predicted octanol–water partition coefficient (Wildman–Crippen LogP) is 1.52. The van der Waals surface area contributed by atoms with Gasteiger partial charge in [0.2, 0.25) is 11.8 Å². The topological polar surface area (TPSA) is 101 Å². The van der Waals surface area contributed by atoms with E-state index >= 15 is 0 Å². The van der Waals surface area contributed by atoms with E-state index in [-0.39, 0.29) is 11.8 Å². The van der Waals surface area contributed by atoms with Gasteiger partial charge in [-0.25, -0.2) is 0 Å². The number of carbonyl (C=O) groups is 3. The van der Waals surface area contributed by atoms with Crippen LogP contribution in [0.1, 0.15) is 31.8 Å². The second-order valence-corrected chi connectivity index (χ2v) is 5.64. The van der Waals surface area contributed by atoms with Crippen molar-refractivity contribution >= 4 is 23.8 Å². The molecule has 0 spiro atoms. The Hall–Kier alpha value is -3.41. The molecular formula is C20H21N3O3. The van der Waals surface area contributed by atoms with Crippen LogP contribution in [0.3, 0.4) is 0 Å². The Balaban J connectivity index is 1.83. The highest BCUT2D eigenvalue weighted by Gasteiger charge is 2.03. The van der Waals surface area contributed by atoms with E-state index in [0.29, 0.717) is 24.1 Å². The third-order valence-corrected chi connectivity index (χ3v) is 3.75. The summed E-state index contributed by atoms with van der Waals surface area (Å²) in [5.74, 6) is -0.841. The molecule has 4 N–H and O–H groups in total. The first-order valence-electron chi connectivity index (χ1n) is 8.16. The van der Waals surface area contributed by atoms with E-state index < -0.39 is 5.91 Å². The molecule has 26 heavy (non-hydrogen) atoms. The molecule has 6 heteroatoms. The van der Waals surface area contributed by atoms with Gasteiger partial charge in [-0.2, -0.15) is 0 Å². The molecule has 3 amide bonds. The lowest BCUT2D eigenvalue weighted by atomic mass is 10.1. The van der Waals surface area contributed by atoms with Gasteiger partial charge in [0, 0.05) is 30.8 Å². The monoisotopic (exact) mass is 351 g/mol. The van der Waals surface area contributed by atoms with Gasteiger partial charge in [-0.1, -0.05) is 24.3 Å². The first-order chi connectivity index (χ1) is 12.5. The first kappa shape index (κ1) is 18.9. The Bertz CT molecular complexity index is 826. The maximum Gasteiger partial charge on any atom is 0.251 e. The Labute approximate surface area is 152 Å². The van der Waals surface area contributed by atoms with Gasteiger partial charge in [0.1, 0.15) is 0 Å². The number of nitrogens with one attached hydrogen (secondary N) is 2. The highest BCUT2D eigenvalue weighted by Crippen LogP contribution is 2.07. The molecule has 0 aliphatic carbocycles. The number of benzene rings is 2. The molecule has 0 aliphatic heterocycles. The molecule has 0 bridgehead atoms. The van der Waals surface area contributed by atoms with Crippen molar-refractivity contribution in [1.29, 1.82) is 0 Å². The Morgan fingerprint density at radius 2 is 1.77 bits per heavy atom. The lowest BCUT2D eigenvalue weighted by molar-refractivity contribution is -0.116. The number of rotatable bonds is 7. The predicted molar refractivity (Wildman–Crippen MR) is 101 cm³/mol. The minimum Gasteiger partial charge on any atom is -0.366 e. The van der Waals surface area contributed by atoms with Crippen molar-refractivity contribution in [2.45, 2.75) is 6.42 Å². The van der Waals surface area contributed by atoms with Crippen LogP contribution >= 0.6 is 0 Å². The molecular weight excluding hydrogens is 330 g/mol. The number of nitrogens with two attached hydrogens (primary N) is 1. The fourth-order valence-corrected chi connectivity index (χ4v) is 2.33. The number of amides is 3. The van der Waals surface area contributed by atoms with Gasteiger partial charge in [0.05, 0.1) is 0 Å². The van der Waals surface area contributed by atoms with Crippen LogP contribution in [0.4, 0.5) is 0 Å². The standard InChI is InChI=1S/C20H21N3O3/c1-22-20(26)16-8-5-14(6-9-16)7-10-18(24)23-12-11-15-3-2-4-17(13-15)19(21)25/h2-10,13H,11-12H2,1H3,(H2,21,25)(H,22,26)(H,23,24)/b10-7+. The normalized spacial score (nSPS) is 10.5. The second kappa shape index (κ2) is 9.17. The van der Waals surface area contributed by atoms with E-state index in [2.05, 4.69) is 10.6 Å². The Kier molecular flexibility index (Phi) is 6.68. The van der Waals surface area contributed by atoms with Crippen molar-refractivity contribution in [3.8, 4) is 0 Å². The lowest BCUT2D eigenvalue weighted by Gasteiger charge is -2.04. The van der Waals surface area contributed by atoms with Gasteiger partial charge >= 0.3 is 0 Å². The van der Waals surface area contributed by atoms with Gasteiger partial charge < -0.3 is 16.4 Å². The summed E-state index contributed by atoms with van der Waals surface area (Å²) < 4.78 is 0. The van der Waals surface area contributed by atoms with E-state index in [1.807, 2.05) is 6.07 Å². The van der Waals surface area contributed by atoms with Crippen LogP contribution in [0.2, 0.25) is 0 Å². The fraction of sp³-hybridized carbons (Fsp3) is 0.150. The van der Waals surface area contributed by atoms with Gasteiger partial charge in [0.15, 0.2) is 0 Å². The maximum absolute atomic E-state index is 11.9. The van der Waals surface area contributed by atoms with Gasteiger partial charge in [-0.3, -0.25) is 14.4 Å². The van der Waals surface area contributed by atoms with E-state index in [9.17, 15) is 14.4 Å². The molecule has 2 aromatic rings. The van der Waals surface area contributed by atoms with Crippen LogP contribution in [0, 0.1) is 0 Å². The molecule has 0 aliphatic rings. The Morgan fingerprint density at radius 3 is 2.42 bits per heavy atom. The fourth-order valence-electron chi connectivity index (χ4n) is 2.33. The Morgan fingerprint density at radius 1 is 1.04 bits per heavy atom. The van der Waals surface area contributed by atoms with E-state index in [1.54, 1.807) is 55.6 Å². The van der Waals surface area contributed by atoms with Crippen LogP contribution in [-0.2, 0) is 11.2 Å². The summed E-state index contributed by atoms with van der Waals surface area (Å²) in [5.41, 5.74) is 8.01.